The van der Waals surface area contributed by atoms with Crippen LogP contribution in [-0.4, -0.2) is 17.1 Å². The second kappa shape index (κ2) is 6.03. The molecule has 0 aliphatic heterocycles. The highest BCUT2D eigenvalue weighted by atomic mass is 35.5. The lowest BCUT2D eigenvalue weighted by Gasteiger charge is -2.18. The maximum atomic E-state index is 11.0. The molecule has 0 heterocycles. The molecule has 1 atom stereocenters. The van der Waals surface area contributed by atoms with Gasteiger partial charge in [0, 0.05) is 11.6 Å². The van der Waals surface area contributed by atoms with E-state index in [4.69, 9.17) is 16.7 Å². The number of nitrogens with one attached hydrogen (secondary N) is 1. The van der Waals surface area contributed by atoms with E-state index in [1.807, 2.05) is 39.0 Å². The molecule has 1 rings (SSSR count). The van der Waals surface area contributed by atoms with E-state index in [0.717, 1.165) is 11.1 Å². The van der Waals surface area contributed by atoms with E-state index < -0.39 is 12.0 Å². The quantitative estimate of drug-likeness (QED) is 0.851. The summed E-state index contributed by atoms with van der Waals surface area (Å²) >= 11 is 5.87. The van der Waals surface area contributed by atoms with Gasteiger partial charge in [-0.05, 0) is 36.1 Å². The third-order valence-corrected chi connectivity index (χ3v) is 2.98. The summed E-state index contributed by atoms with van der Waals surface area (Å²) in [4.78, 5) is 11.0. The van der Waals surface area contributed by atoms with Crippen molar-refractivity contribution in [2.45, 2.75) is 33.4 Å². The highest BCUT2D eigenvalue weighted by Gasteiger charge is 2.20. The highest BCUT2D eigenvalue weighted by molar-refractivity contribution is 6.30. The Hall–Kier alpha value is -1.06. The molecular formula is C13H18ClNO2. The summed E-state index contributed by atoms with van der Waals surface area (Å²) in [5.74, 6) is -0.758. The van der Waals surface area contributed by atoms with Crippen LogP contribution < -0.4 is 5.32 Å². The lowest BCUT2D eigenvalue weighted by Crippen LogP contribution is -2.40. The second-order valence-corrected chi connectivity index (χ2v) is 4.95. The topological polar surface area (TPSA) is 49.3 Å². The van der Waals surface area contributed by atoms with Crippen LogP contribution in [0.15, 0.2) is 18.2 Å². The van der Waals surface area contributed by atoms with Crippen molar-refractivity contribution in [3.63, 3.8) is 0 Å². The molecule has 4 heteroatoms. The first-order chi connectivity index (χ1) is 7.91. The molecule has 2 N–H and O–H groups in total. The first-order valence-electron chi connectivity index (χ1n) is 5.63. The molecule has 1 aromatic rings. The number of rotatable bonds is 5. The Morgan fingerprint density at radius 3 is 2.59 bits per heavy atom. The lowest BCUT2D eigenvalue weighted by molar-refractivity contribution is -0.140. The van der Waals surface area contributed by atoms with Gasteiger partial charge >= 0.3 is 5.97 Å². The standard InChI is InChI=1S/C13H18ClNO2/c1-8(2)12(13(16)17)15-7-10-4-5-11(14)6-9(10)3/h4-6,8,12,15H,7H2,1-3H3,(H,16,17)/t12-/m0/s1. The van der Waals surface area contributed by atoms with Crippen molar-refractivity contribution in [1.82, 2.24) is 5.32 Å². The van der Waals surface area contributed by atoms with Gasteiger partial charge in [-0.3, -0.25) is 4.79 Å². The Labute approximate surface area is 107 Å². The van der Waals surface area contributed by atoms with Crippen molar-refractivity contribution in [3.8, 4) is 0 Å². The Morgan fingerprint density at radius 2 is 2.12 bits per heavy atom. The Kier molecular flexibility index (Phi) is 4.97. The molecule has 1 aromatic carbocycles. The summed E-state index contributed by atoms with van der Waals surface area (Å²) in [6.45, 7) is 6.28. The van der Waals surface area contributed by atoms with Crippen LogP contribution in [0.2, 0.25) is 5.02 Å². The fraction of sp³-hybridized carbons (Fsp3) is 0.462. The summed E-state index contributed by atoms with van der Waals surface area (Å²) in [6, 6.07) is 5.09. The van der Waals surface area contributed by atoms with E-state index >= 15 is 0 Å². The minimum Gasteiger partial charge on any atom is -0.480 e. The highest BCUT2D eigenvalue weighted by Crippen LogP contribution is 2.15. The van der Waals surface area contributed by atoms with Crippen LogP contribution in [0.1, 0.15) is 25.0 Å². The number of halogens is 1. The molecule has 0 unspecified atom stereocenters. The molecule has 0 aliphatic carbocycles. The molecule has 0 radical (unpaired) electrons. The van der Waals surface area contributed by atoms with Gasteiger partial charge in [-0.2, -0.15) is 0 Å². The predicted octanol–water partition coefficient (Wildman–Crippen LogP) is 2.85. The molecule has 0 aliphatic rings. The molecule has 17 heavy (non-hydrogen) atoms. The van der Waals surface area contributed by atoms with Crippen molar-refractivity contribution in [1.29, 1.82) is 0 Å². The minimum atomic E-state index is -0.813. The number of hydrogen-bond acceptors (Lipinski definition) is 2. The molecule has 0 amide bonds. The van der Waals surface area contributed by atoms with Gasteiger partial charge in [-0.1, -0.05) is 31.5 Å². The first-order valence-corrected chi connectivity index (χ1v) is 6.01. The van der Waals surface area contributed by atoms with Crippen molar-refractivity contribution < 1.29 is 9.90 Å². The number of carbonyl (C=O) groups is 1. The predicted molar refractivity (Wildman–Crippen MR) is 69.3 cm³/mol. The fourth-order valence-corrected chi connectivity index (χ4v) is 1.91. The Balaban J connectivity index is 2.69. The maximum absolute atomic E-state index is 11.0. The molecule has 0 saturated carbocycles. The molecule has 0 saturated heterocycles. The molecule has 0 aromatic heterocycles. The third kappa shape index (κ3) is 4.02. The molecule has 94 valence electrons. The Morgan fingerprint density at radius 1 is 1.47 bits per heavy atom. The van der Waals surface area contributed by atoms with E-state index in [1.54, 1.807) is 0 Å². The van der Waals surface area contributed by atoms with Crippen LogP contribution in [0.25, 0.3) is 0 Å². The normalized spacial score (nSPS) is 12.8. The van der Waals surface area contributed by atoms with Crippen LogP contribution in [0, 0.1) is 12.8 Å². The zero-order valence-corrected chi connectivity index (χ0v) is 11.1. The third-order valence-electron chi connectivity index (χ3n) is 2.75. The molecule has 0 fully saturated rings. The number of carboxylic acid groups (broad SMARTS) is 1. The summed E-state index contributed by atoms with van der Waals surface area (Å²) in [7, 11) is 0. The maximum Gasteiger partial charge on any atom is 0.320 e. The number of aryl methyl sites for hydroxylation is 1. The summed E-state index contributed by atoms with van der Waals surface area (Å²) in [5, 5.41) is 12.8. The van der Waals surface area contributed by atoms with Crippen molar-refractivity contribution in [2.24, 2.45) is 5.92 Å². The largest absolute Gasteiger partial charge is 0.480 e. The molecule has 3 nitrogen and oxygen atoms in total. The van der Waals surface area contributed by atoms with Crippen molar-refractivity contribution >= 4 is 17.6 Å². The van der Waals surface area contributed by atoms with E-state index in [0.29, 0.717) is 11.6 Å². The Bertz CT molecular complexity index is 404. The molecular weight excluding hydrogens is 238 g/mol. The molecule has 0 bridgehead atoms. The van der Waals surface area contributed by atoms with Gasteiger partial charge in [0.05, 0.1) is 0 Å². The first kappa shape index (κ1) is 14.0. The average molecular weight is 256 g/mol. The van der Waals surface area contributed by atoms with Crippen LogP contribution >= 0.6 is 11.6 Å². The molecule has 0 spiro atoms. The van der Waals surface area contributed by atoms with E-state index in [2.05, 4.69) is 5.32 Å². The number of hydrogen-bond donors (Lipinski definition) is 2. The van der Waals surface area contributed by atoms with Gasteiger partial charge in [0.1, 0.15) is 6.04 Å². The number of benzene rings is 1. The smallest absolute Gasteiger partial charge is 0.320 e. The van der Waals surface area contributed by atoms with E-state index in [1.165, 1.54) is 0 Å². The number of aliphatic carboxylic acids is 1. The van der Waals surface area contributed by atoms with Gasteiger partial charge in [-0.25, -0.2) is 0 Å². The summed E-state index contributed by atoms with van der Waals surface area (Å²) in [5.41, 5.74) is 2.14. The van der Waals surface area contributed by atoms with Crippen LogP contribution in [0.5, 0.6) is 0 Å². The van der Waals surface area contributed by atoms with Crippen molar-refractivity contribution in [3.05, 3.63) is 34.3 Å². The van der Waals surface area contributed by atoms with E-state index in [-0.39, 0.29) is 5.92 Å². The van der Waals surface area contributed by atoms with Gasteiger partial charge in [0.2, 0.25) is 0 Å². The zero-order chi connectivity index (χ0) is 13.0. The lowest BCUT2D eigenvalue weighted by atomic mass is 10.0. The van der Waals surface area contributed by atoms with Gasteiger partial charge in [0.15, 0.2) is 0 Å². The average Bonchev–Trinajstić information content (AvgIpc) is 2.20. The zero-order valence-electron chi connectivity index (χ0n) is 10.3. The van der Waals surface area contributed by atoms with Gasteiger partial charge in [-0.15, -0.1) is 0 Å². The summed E-state index contributed by atoms with van der Waals surface area (Å²) < 4.78 is 0. The monoisotopic (exact) mass is 255 g/mol. The van der Waals surface area contributed by atoms with E-state index in [9.17, 15) is 4.79 Å². The fourth-order valence-electron chi connectivity index (χ4n) is 1.69. The van der Waals surface area contributed by atoms with Crippen molar-refractivity contribution in [2.75, 3.05) is 0 Å². The summed E-state index contributed by atoms with van der Waals surface area (Å²) in [6.07, 6.45) is 0. The van der Waals surface area contributed by atoms with Crippen LogP contribution in [-0.2, 0) is 11.3 Å². The van der Waals surface area contributed by atoms with Crippen LogP contribution in [0.3, 0.4) is 0 Å². The second-order valence-electron chi connectivity index (χ2n) is 4.51. The SMILES string of the molecule is Cc1cc(Cl)ccc1CN[C@H](C(=O)O)C(C)C. The van der Waals surface area contributed by atoms with Gasteiger partial charge in [0.25, 0.3) is 0 Å². The minimum absolute atomic E-state index is 0.0557. The number of carboxylic acids is 1. The van der Waals surface area contributed by atoms with Crippen LogP contribution in [0.4, 0.5) is 0 Å². The van der Waals surface area contributed by atoms with Gasteiger partial charge < -0.3 is 10.4 Å².